The lowest BCUT2D eigenvalue weighted by molar-refractivity contribution is -0.115. The molecule has 1 N–H and O–H groups in total. The smallest absolute Gasteiger partial charge is 0.228 e. The number of nitrogens with one attached hydrogen (secondary N) is 1. The largest absolute Gasteiger partial charge is 0.326 e. The number of hydrogen-bond donors (Lipinski definition) is 1. The molecular formula is C15H12BrF2NO. The maximum atomic E-state index is 13.4. The van der Waals surface area contributed by atoms with E-state index in [1.165, 1.54) is 6.07 Å². The summed E-state index contributed by atoms with van der Waals surface area (Å²) in [6.45, 7) is 1.93. The van der Waals surface area contributed by atoms with Crippen molar-refractivity contribution >= 4 is 27.5 Å². The van der Waals surface area contributed by atoms with Crippen LogP contribution in [0.5, 0.6) is 0 Å². The van der Waals surface area contributed by atoms with Crippen molar-refractivity contribution in [2.24, 2.45) is 0 Å². The molecule has 0 aromatic heterocycles. The summed E-state index contributed by atoms with van der Waals surface area (Å²) in [5.74, 6) is -1.73. The van der Waals surface area contributed by atoms with Gasteiger partial charge >= 0.3 is 0 Å². The van der Waals surface area contributed by atoms with Gasteiger partial charge in [0.25, 0.3) is 0 Å². The second-order valence-corrected chi connectivity index (χ2v) is 5.28. The zero-order valence-corrected chi connectivity index (χ0v) is 12.3. The highest BCUT2D eigenvalue weighted by molar-refractivity contribution is 9.10. The Bertz CT molecular complexity index is 658. The van der Waals surface area contributed by atoms with Gasteiger partial charge in [-0.15, -0.1) is 0 Å². The summed E-state index contributed by atoms with van der Waals surface area (Å²) in [7, 11) is 0. The van der Waals surface area contributed by atoms with Gasteiger partial charge in [0, 0.05) is 16.2 Å². The fourth-order valence-electron chi connectivity index (χ4n) is 1.71. The lowest BCUT2D eigenvalue weighted by Crippen LogP contribution is -2.15. The van der Waals surface area contributed by atoms with E-state index in [1.54, 1.807) is 12.1 Å². The van der Waals surface area contributed by atoms with Gasteiger partial charge in [0.1, 0.15) is 11.6 Å². The molecule has 104 valence electrons. The monoisotopic (exact) mass is 339 g/mol. The van der Waals surface area contributed by atoms with E-state index in [9.17, 15) is 13.6 Å². The van der Waals surface area contributed by atoms with Gasteiger partial charge in [0.05, 0.1) is 6.42 Å². The second kappa shape index (κ2) is 6.13. The molecule has 0 unspecified atom stereocenters. The molecule has 0 heterocycles. The summed E-state index contributed by atoms with van der Waals surface area (Å²) >= 11 is 3.37. The summed E-state index contributed by atoms with van der Waals surface area (Å²) < 4.78 is 27.1. The van der Waals surface area contributed by atoms with Gasteiger partial charge in [0.2, 0.25) is 5.91 Å². The number of carbonyl (C=O) groups excluding carboxylic acids is 1. The standard InChI is InChI=1S/C15H12BrF2NO/c1-9-2-5-12(8-13(9)16)19-15(20)6-10-3-4-11(17)7-14(10)18/h2-5,7-8H,6H2,1H3,(H,19,20). The minimum absolute atomic E-state index is 0.141. The molecule has 2 aromatic carbocycles. The fourth-order valence-corrected chi connectivity index (χ4v) is 2.09. The molecule has 0 atom stereocenters. The normalized spacial score (nSPS) is 10.4. The highest BCUT2D eigenvalue weighted by atomic mass is 79.9. The van der Waals surface area contributed by atoms with E-state index in [1.807, 2.05) is 13.0 Å². The molecule has 20 heavy (non-hydrogen) atoms. The number of amides is 1. The summed E-state index contributed by atoms with van der Waals surface area (Å²) in [6, 6.07) is 8.57. The second-order valence-electron chi connectivity index (χ2n) is 4.42. The van der Waals surface area contributed by atoms with Crippen LogP contribution in [0.15, 0.2) is 40.9 Å². The zero-order chi connectivity index (χ0) is 14.7. The third-order valence-corrected chi connectivity index (χ3v) is 3.68. The van der Waals surface area contributed by atoms with E-state index in [4.69, 9.17) is 0 Å². The molecule has 0 aliphatic carbocycles. The van der Waals surface area contributed by atoms with Gasteiger partial charge in [-0.3, -0.25) is 4.79 Å². The minimum atomic E-state index is -0.717. The van der Waals surface area contributed by atoms with Crippen LogP contribution in [0.25, 0.3) is 0 Å². The van der Waals surface area contributed by atoms with Crippen LogP contribution >= 0.6 is 15.9 Å². The summed E-state index contributed by atoms with van der Waals surface area (Å²) in [6.07, 6.45) is -0.141. The van der Waals surface area contributed by atoms with Crippen LogP contribution in [0, 0.1) is 18.6 Å². The van der Waals surface area contributed by atoms with Crippen molar-refractivity contribution in [1.29, 1.82) is 0 Å². The number of halogens is 3. The maximum Gasteiger partial charge on any atom is 0.228 e. The van der Waals surface area contributed by atoms with Crippen molar-refractivity contribution in [3.8, 4) is 0 Å². The Morgan fingerprint density at radius 3 is 2.60 bits per heavy atom. The fraction of sp³-hybridized carbons (Fsp3) is 0.133. The minimum Gasteiger partial charge on any atom is -0.326 e. The lowest BCUT2D eigenvalue weighted by Gasteiger charge is -2.07. The van der Waals surface area contributed by atoms with E-state index < -0.39 is 11.6 Å². The van der Waals surface area contributed by atoms with Crippen LogP contribution in [-0.4, -0.2) is 5.91 Å². The molecule has 0 spiro atoms. The van der Waals surface area contributed by atoms with Crippen molar-refractivity contribution in [2.75, 3.05) is 5.32 Å². The van der Waals surface area contributed by atoms with Crippen molar-refractivity contribution in [2.45, 2.75) is 13.3 Å². The Kier molecular flexibility index (Phi) is 4.49. The van der Waals surface area contributed by atoms with Crippen LogP contribution in [0.3, 0.4) is 0 Å². The Balaban J connectivity index is 2.07. The van der Waals surface area contributed by atoms with Gasteiger partial charge in [0.15, 0.2) is 0 Å². The third kappa shape index (κ3) is 3.63. The van der Waals surface area contributed by atoms with Gasteiger partial charge in [-0.1, -0.05) is 28.1 Å². The number of benzene rings is 2. The van der Waals surface area contributed by atoms with Gasteiger partial charge in [-0.25, -0.2) is 8.78 Å². The van der Waals surface area contributed by atoms with Crippen LogP contribution in [-0.2, 0) is 11.2 Å². The molecule has 0 bridgehead atoms. The molecule has 2 aromatic rings. The van der Waals surface area contributed by atoms with E-state index in [0.717, 1.165) is 22.2 Å². The van der Waals surface area contributed by atoms with E-state index in [0.29, 0.717) is 5.69 Å². The van der Waals surface area contributed by atoms with Crippen LogP contribution in [0.4, 0.5) is 14.5 Å². The Hall–Kier alpha value is -1.75. The first-order valence-corrected chi connectivity index (χ1v) is 6.75. The molecule has 5 heteroatoms. The average molecular weight is 340 g/mol. The number of carbonyl (C=O) groups is 1. The highest BCUT2D eigenvalue weighted by Gasteiger charge is 2.10. The van der Waals surface area contributed by atoms with Crippen LogP contribution in [0.2, 0.25) is 0 Å². The van der Waals surface area contributed by atoms with E-state index in [-0.39, 0.29) is 17.9 Å². The third-order valence-electron chi connectivity index (χ3n) is 2.82. The Labute approximate surface area is 123 Å². The molecule has 1 amide bonds. The van der Waals surface area contributed by atoms with Gasteiger partial charge in [-0.2, -0.15) is 0 Å². The van der Waals surface area contributed by atoms with Gasteiger partial charge < -0.3 is 5.32 Å². The van der Waals surface area contributed by atoms with Crippen molar-refractivity contribution in [3.05, 3.63) is 63.6 Å². The number of hydrogen-bond acceptors (Lipinski definition) is 1. The summed E-state index contributed by atoms with van der Waals surface area (Å²) in [4.78, 5) is 11.8. The SMILES string of the molecule is Cc1ccc(NC(=O)Cc2ccc(F)cc2F)cc1Br. The maximum absolute atomic E-state index is 13.4. The van der Waals surface area contributed by atoms with Crippen LogP contribution in [0.1, 0.15) is 11.1 Å². The van der Waals surface area contributed by atoms with E-state index >= 15 is 0 Å². The molecule has 2 rings (SSSR count). The molecular weight excluding hydrogens is 328 g/mol. The molecule has 0 radical (unpaired) electrons. The molecule has 2 nitrogen and oxygen atoms in total. The summed E-state index contributed by atoms with van der Waals surface area (Å²) in [5.41, 5.74) is 1.83. The Morgan fingerprint density at radius 2 is 1.95 bits per heavy atom. The first-order chi connectivity index (χ1) is 9.45. The zero-order valence-electron chi connectivity index (χ0n) is 10.7. The van der Waals surface area contributed by atoms with Crippen molar-refractivity contribution < 1.29 is 13.6 Å². The topological polar surface area (TPSA) is 29.1 Å². The van der Waals surface area contributed by atoms with Crippen LogP contribution < -0.4 is 5.32 Å². The number of rotatable bonds is 3. The van der Waals surface area contributed by atoms with Gasteiger partial charge in [-0.05, 0) is 36.2 Å². The Morgan fingerprint density at radius 1 is 1.20 bits per heavy atom. The predicted molar refractivity (Wildman–Crippen MR) is 77.6 cm³/mol. The van der Waals surface area contributed by atoms with Crippen molar-refractivity contribution in [1.82, 2.24) is 0 Å². The molecule has 0 aliphatic heterocycles. The molecule has 0 saturated carbocycles. The predicted octanol–water partition coefficient (Wildman–Crippen LogP) is 4.22. The number of aryl methyl sites for hydroxylation is 1. The summed E-state index contributed by atoms with van der Waals surface area (Å²) in [5, 5.41) is 2.67. The lowest BCUT2D eigenvalue weighted by atomic mass is 10.1. The average Bonchev–Trinajstić information content (AvgIpc) is 2.37. The molecule has 0 fully saturated rings. The molecule has 0 aliphatic rings. The first kappa shape index (κ1) is 14.7. The number of anilines is 1. The first-order valence-electron chi connectivity index (χ1n) is 5.95. The molecule has 0 saturated heterocycles. The quantitative estimate of drug-likeness (QED) is 0.891. The van der Waals surface area contributed by atoms with E-state index in [2.05, 4.69) is 21.2 Å². The highest BCUT2D eigenvalue weighted by Crippen LogP contribution is 2.21. The van der Waals surface area contributed by atoms with Crippen molar-refractivity contribution in [3.63, 3.8) is 0 Å².